The molecule has 0 heterocycles. The van der Waals surface area contributed by atoms with E-state index in [0.717, 1.165) is 16.7 Å². The molecule has 2 aromatic rings. The third-order valence-electron chi connectivity index (χ3n) is 3.88. The maximum Gasteiger partial charge on any atom is 0.244 e. The second-order valence-electron chi connectivity index (χ2n) is 5.57. The summed E-state index contributed by atoms with van der Waals surface area (Å²) in [7, 11) is 4.68. The average Bonchev–Trinajstić information content (AvgIpc) is 2.66. The van der Waals surface area contributed by atoms with Crippen LogP contribution in [0, 0.1) is 6.92 Å². The van der Waals surface area contributed by atoms with Gasteiger partial charge in [-0.05, 0) is 30.2 Å². The van der Waals surface area contributed by atoms with Crippen molar-refractivity contribution in [2.75, 3.05) is 21.3 Å². The van der Waals surface area contributed by atoms with Gasteiger partial charge in [0.1, 0.15) is 17.2 Å². The molecule has 1 amide bonds. The van der Waals surface area contributed by atoms with Gasteiger partial charge in [-0.15, -0.1) is 0 Å². The Morgan fingerprint density at radius 2 is 1.73 bits per heavy atom. The third-order valence-corrected chi connectivity index (χ3v) is 4.29. The van der Waals surface area contributed by atoms with Crippen molar-refractivity contribution in [2.45, 2.75) is 13.5 Å². The molecule has 0 fully saturated rings. The number of ether oxygens (including phenoxy) is 3. The van der Waals surface area contributed by atoms with Gasteiger partial charge in [-0.2, -0.15) is 0 Å². The Morgan fingerprint density at radius 1 is 1.08 bits per heavy atom. The summed E-state index contributed by atoms with van der Waals surface area (Å²) in [6.07, 6.45) is 3.17. The number of hydrogen-bond acceptors (Lipinski definition) is 4. The Hall–Kier alpha value is -2.66. The van der Waals surface area contributed by atoms with Gasteiger partial charge in [-0.3, -0.25) is 4.79 Å². The summed E-state index contributed by atoms with van der Waals surface area (Å²) in [5.74, 6) is 1.54. The molecular formula is C20H22ClNO4. The summed E-state index contributed by atoms with van der Waals surface area (Å²) in [6.45, 7) is 2.19. The van der Waals surface area contributed by atoms with Crippen molar-refractivity contribution in [2.24, 2.45) is 0 Å². The van der Waals surface area contributed by atoms with Gasteiger partial charge in [0.15, 0.2) is 0 Å². The molecule has 5 nitrogen and oxygen atoms in total. The van der Waals surface area contributed by atoms with E-state index in [9.17, 15) is 4.79 Å². The van der Waals surface area contributed by atoms with Gasteiger partial charge in [0, 0.05) is 23.2 Å². The number of hydrogen-bond donors (Lipinski definition) is 1. The van der Waals surface area contributed by atoms with E-state index in [1.807, 2.05) is 25.1 Å². The Bertz CT molecular complexity index is 792. The van der Waals surface area contributed by atoms with Crippen LogP contribution in [-0.4, -0.2) is 27.2 Å². The maximum absolute atomic E-state index is 12.1. The standard InChI is InChI=1S/C20H22ClNO4/c1-13-5-6-14(9-17(13)21)7-8-20(23)22-12-16-18(25-3)10-15(24-2)11-19(16)26-4/h5-11H,12H2,1-4H3,(H,22,23)/b8-7+. The highest BCUT2D eigenvalue weighted by atomic mass is 35.5. The van der Waals surface area contributed by atoms with Gasteiger partial charge in [-0.25, -0.2) is 0 Å². The first kappa shape index (κ1) is 19.7. The first-order valence-corrected chi connectivity index (χ1v) is 8.37. The first-order chi connectivity index (χ1) is 12.5. The van der Waals surface area contributed by atoms with E-state index in [1.165, 1.54) is 6.08 Å². The van der Waals surface area contributed by atoms with Crippen LogP contribution in [0.3, 0.4) is 0 Å². The van der Waals surface area contributed by atoms with Gasteiger partial charge >= 0.3 is 0 Å². The molecule has 0 aliphatic carbocycles. The topological polar surface area (TPSA) is 56.8 Å². The lowest BCUT2D eigenvalue weighted by Crippen LogP contribution is -2.21. The lowest BCUT2D eigenvalue weighted by atomic mass is 10.1. The molecule has 0 atom stereocenters. The molecule has 0 bridgehead atoms. The molecule has 0 radical (unpaired) electrons. The predicted molar refractivity (Wildman–Crippen MR) is 103 cm³/mol. The van der Waals surface area contributed by atoms with Crippen LogP contribution >= 0.6 is 11.6 Å². The number of carbonyl (C=O) groups excluding carboxylic acids is 1. The van der Waals surface area contributed by atoms with Crippen molar-refractivity contribution in [3.05, 3.63) is 58.1 Å². The molecule has 2 rings (SSSR count). The largest absolute Gasteiger partial charge is 0.496 e. The number of amides is 1. The average molecular weight is 376 g/mol. The molecule has 0 spiro atoms. The number of rotatable bonds is 7. The SMILES string of the molecule is COc1cc(OC)c(CNC(=O)/C=C/c2ccc(C)c(Cl)c2)c(OC)c1. The Morgan fingerprint density at radius 3 is 2.27 bits per heavy atom. The van der Waals surface area contributed by atoms with Crippen molar-refractivity contribution in [1.82, 2.24) is 5.32 Å². The number of methoxy groups -OCH3 is 3. The molecule has 1 N–H and O–H groups in total. The summed E-state index contributed by atoms with van der Waals surface area (Å²) >= 11 is 6.09. The summed E-state index contributed by atoms with van der Waals surface area (Å²) < 4.78 is 16.0. The smallest absolute Gasteiger partial charge is 0.244 e. The van der Waals surface area contributed by atoms with Gasteiger partial charge in [0.05, 0.1) is 33.4 Å². The van der Waals surface area contributed by atoms with Crippen LogP contribution in [0.2, 0.25) is 5.02 Å². The minimum Gasteiger partial charge on any atom is -0.496 e. The fourth-order valence-corrected chi connectivity index (χ4v) is 2.56. The minimum atomic E-state index is -0.235. The normalized spacial score (nSPS) is 10.7. The van der Waals surface area contributed by atoms with E-state index in [0.29, 0.717) is 22.3 Å². The highest BCUT2D eigenvalue weighted by Gasteiger charge is 2.13. The highest BCUT2D eigenvalue weighted by Crippen LogP contribution is 2.33. The molecule has 0 saturated heterocycles. The van der Waals surface area contributed by atoms with Crippen LogP contribution < -0.4 is 19.5 Å². The Labute approximate surface area is 158 Å². The van der Waals surface area contributed by atoms with E-state index in [-0.39, 0.29) is 12.5 Å². The Kier molecular flexibility index (Phi) is 6.92. The van der Waals surface area contributed by atoms with Gasteiger partial charge in [0.2, 0.25) is 5.91 Å². The molecular weight excluding hydrogens is 354 g/mol. The van der Waals surface area contributed by atoms with Crippen molar-refractivity contribution in [1.29, 1.82) is 0 Å². The number of carbonyl (C=O) groups is 1. The van der Waals surface area contributed by atoms with E-state index < -0.39 is 0 Å². The zero-order chi connectivity index (χ0) is 19.1. The van der Waals surface area contributed by atoms with Crippen LogP contribution in [0.4, 0.5) is 0 Å². The molecule has 2 aromatic carbocycles. The minimum absolute atomic E-state index is 0.235. The van der Waals surface area contributed by atoms with Crippen LogP contribution in [0.25, 0.3) is 6.08 Å². The number of aryl methyl sites for hydroxylation is 1. The zero-order valence-corrected chi connectivity index (χ0v) is 16.0. The lowest BCUT2D eigenvalue weighted by molar-refractivity contribution is -0.116. The second-order valence-corrected chi connectivity index (χ2v) is 5.98. The van der Waals surface area contributed by atoms with Crippen molar-refractivity contribution in [3.63, 3.8) is 0 Å². The monoisotopic (exact) mass is 375 g/mol. The number of nitrogens with one attached hydrogen (secondary N) is 1. The fourth-order valence-electron chi connectivity index (χ4n) is 2.37. The quantitative estimate of drug-likeness (QED) is 0.743. The van der Waals surface area contributed by atoms with Crippen molar-refractivity contribution < 1.29 is 19.0 Å². The molecule has 138 valence electrons. The summed E-state index contributed by atoms with van der Waals surface area (Å²) in [5.41, 5.74) is 2.58. The molecule has 0 aliphatic rings. The predicted octanol–water partition coefficient (Wildman–Crippen LogP) is 4.00. The van der Waals surface area contributed by atoms with E-state index in [4.69, 9.17) is 25.8 Å². The molecule has 6 heteroatoms. The van der Waals surface area contributed by atoms with Crippen LogP contribution in [0.15, 0.2) is 36.4 Å². The van der Waals surface area contributed by atoms with Crippen LogP contribution in [0.5, 0.6) is 17.2 Å². The maximum atomic E-state index is 12.1. The summed E-state index contributed by atoms with van der Waals surface area (Å²) in [4.78, 5) is 12.1. The van der Waals surface area contributed by atoms with E-state index >= 15 is 0 Å². The second kappa shape index (κ2) is 9.15. The highest BCUT2D eigenvalue weighted by molar-refractivity contribution is 6.31. The van der Waals surface area contributed by atoms with Gasteiger partial charge < -0.3 is 19.5 Å². The molecule has 0 aromatic heterocycles. The van der Waals surface area contributed by atoms with E-state index in [2.05, 4.69) is 5.32 Å². The van der Waals surface area contributed by atoms with Crippen molar-refractivity contribution >= 4 is 23.6 Å². The summed E-state index contributed by atoms with van der Waals surface area (Å²) in [6, 6.07) is 9.12. The zero-order valence-electron chi connectivity index (χ0n) is 15.3. The van der Waals surface area contributed by atoms with E-state index in [1.54, 1.807) is 39.5 Å². The fraction of sp³-hybridized carbons (Fsp3) is 0.250. The molecule has 0 saturated carbocycles. The Balaban J connectivity index is 2.09. The van der Waals surface area contributed by atoms with Gasteiger partial charge in [-0.1, -0.05) is 23.7 Å². The van der Waals surface area contributed by atoms with Gasteiger partial charge in [0.25, 0.3) is 0 Å². The van der Waals surface area contributed by atoms with Crippen LogP contribution in [0.1, 0.15) is 16.7 Å². The van der Waals surface area contributed by atoms with Crippen molar-refractivity contribution in [3.8, 4) is 17.2 Å². The summed E-state index contributed by atoms with van der Waals surface area (Å²) in [5, 5.41) is 3.49. The lowest BCUT2D eigenvalue weighted by Gasteiger charge is -2.15. The molecule has 0 unspecified atom stereocenters. The number of halogens is 1. The number of benzene rings is 2. The molecule has 0 aliphatic heterocycles. The molecule has 26 heavy (non-hydrogen) atoms. The van der Waals surface area contributed by atoms with Crippen LogP contribution in [-0.2, 0) is 11.3 Å². The third kappa shape index (κ3) is 4.92. The first-order valence-electron chi connectivity index (χ1n) is 7.99.